The third-order valence-electron chi connectivity index (χ3n) is 2.95. The lowest BCUT2D eigenvalue weighted by Crippen LogP contribution is -2.37. The summed E-state index contributed by atoms with van der Waals surface area (Å²) in [5, 5.41) is 2.51. The van der Waals surface area contributed by atoms with E-state index in [2.05, 4.69) is 5.32 Å². The third kappa shape index (κ3) is 4.22. The Morgan fingerprint density at radius 2 is 2.14 bits per heavy atom. The number of esters is 1. The number of imide groups is 1. The van der Waals surface area contributed by atoms with E-state index in [4.69, 9.17) is 4.74 Å². The minimum atomic E-state index is -0.501. The van der Waals surface area contributed by atoms with Crippen LogP contribution >= 0.6 is 11.8 Å². The first kappa shape index (κ1) is 15.4. The number of ether oxygens (including phenoxy) is 1. The molecule has 1 heterocycles. The van der Waals surface area contributed by atoms with Crippen molar-refractivity contribution < 1.29 is 19.1 Å². The Hall–Kier alpha value is -2.02. The van der Waals surface area contributed by atoms with Crippen LogP contribution in [0, 0.1) is 6.92 Å². The second-order valence-electron chi connectivity index (χ2n) is 4.49. The van der Waals surface area contributed by atoms with Crippen LogP contribution in [0.5, 0.6) is 0 Å². The summed E-state index contributed by atoms with van der Waals surface area (Å²) in [7, 11) is 0. The number of thioether (sulfide) groups is 1. The van der Waals surface area contributed by atoms with Gasteiger partial charge in [0, 0.05) is 18.0 Å². The summed E-state index contributed by atoms with van der Waals surface area (Å²) in [6, 6.07) is 7.27. The molecule has 6 nitrogen and oxygen atoms in total. The van der Waals surface area contributed by atoms with Gasteiger partial charge in [-0.15, -0.1) is 11.8 Å². The van der Waals surface area contributed by atoms with Crippen molar-refractivity contribution in [2.24, 2.45) is 0 Å². The Morgan fingerprint density at radius 3 is 2.81 bits per heavy atom. The fourth-order valence-electron chi connectivity index (χ4n) is 1.83. The van der Waals surface area contributed by atoms with Crippen LogP contribution in [0.2, 0.25) is 0 Å². The maximum Gasteiger partial charge on any atom is 0.324 e. The highest BCUT2D eigenvalue weighted by molar-refractivity contribution is 8.00. The van der Waals surface area contributed by atoms with Crippen LogP contribution in [-0.2, 0) is 14.3 Å². The van der Waals surface area contributed by atoms with Gasteiger partial charge >= 0.3 is 12.0 Å². The number of nitrogens with one attached hydrogen (secondary N) is 1. The highest BCUT2D eigenvalue weighted by Crippen LogP contribution is 2.21. The fraction of sp³-hybridized carbons (Fsp3) is 0.357. The molecule has 7 heteroatoms. The summed E-state index contributed by atoms with van der Waals surface area (Å²) in [5.74, 6) is -0.847. The molecule has 1 aromatic carbocycles. The van der Waals surface area contributed by atoms with E-state index >= 15 is 0 Å². The van der Waals surface area contributed by atoms with Crippen LogP contribution in [-0.4, -0.2) is 48.3 Å². The largest absolute Gasteiger partial charge is 0.455 e. The van der Waals surface area contributed by atoms with E-state index in [1.54, 1.807) is 0 Å². The van der Waals surface area contributed by atoms with Crippen molar-refractivity contribution in [2.45, 2.75) is 11.8 Å². The lowest BCUT2D eigenvalue weighted by atomic mass is 10.2. The third-order valence-corrected chi connectivity index (χ3v) is 4.10. The van der Waals surface area contributed by atoms with Gasteiger partial charge in [0.15, 0.2) is 6.61 Å². The number of aryl methyl sites for hydroxylation is 1. The fourth-order valence-corrected chi connectivity index (χ4v) is 2.65. The smallest absolute Gasteiger partial charge is 0.324 e. The molecule has 0 atom stereocenters. The minimum absolute atomic E-state index is 0.129. The Bertz CT molecular complexity index is 562. The van der Waals surface area contributed by atoms with Crippen LogP contribution < -0.4 is 5.32 Å². The van der Waals surface area contributed by atoms with E-state index in [9.17, 15) is 14.4 Å². The first-order valence-electron chi connectivity index (χ1n) is 6.50. The van der Waals surface area contributed by atoms with Gasteiger partial charge in [-0.25, -0.2) is 4.79 Å². The molecule has 0 unspecified atom stereocenters. The molecule has 2 rings (SSSR count). The maximum atomic E-state index is 11.7. The maximum absolute atomic E-state index is 11.7. The number of nitrogens with zero attached hydrogens (tertiary/aromatic N) is 1. The topological polar surface area (TPSA) is 75.7 Å². The molecule has 0 radical (unpaired) electrons. The summed E-state index contributed by atoms with van der Waals surface area (Å²) in [4.78, 5) is 36.6. The number of urea groups is 1. The van der Waals surface area contributed by atoms with Crippen molar-refractivity contribution >= 4 is 29.7 Å². The summed E-state index contributed by atoms with van der Waals surface area (Å²) in [6.45, 7) is 2.30. The van der Waals surface area contributed by atoms with Crippen LogP contribution in [0.25, 0.3) is 0 Å². The van der Waals surface area contributed by atoms with Gasteiger partial charge in [-0.1, -0.05) is 18.2 Å². The van der Waals surface area contributed by atoms with Crippen LogP contribution in [0.3, 0.4) is 0 Å². The van der Waals surface area contributed by atoms with Gasteiger partial charge in [-0.2, -0.15) is 0 Å². The predicted molar refractivity (Wildman–Crippen MR) is 78.0 cm³/mol. The average Bonchev–Trinajstić information content (AvgIpc) is 2.90. The monoisotopic (exact) mass is 308 g/mol. The van der Waals surface area contributed by atoms with Gasteiger partial charge in [0.1, 0.15) is 0 Å². The first-order chi connectivity index (χ1) is 10.1. The molecule has 1 saturated heterocycles. The lowest BCUT2D eigenvalue weighted by molar-refractivity contribution is -0.148. The van der Waals surface area contributed by atoms with Gasteiger partial charge in [-0.05, 0) is 18.6 Å². The number of carbonyl (C=O) groups is 3. The highest BCUT2D eigenvalue weighted by atomic mass is 32.2. The van der Waals surface area contributed by atoms with Crippen molar-refractivity contribution in [2.75, 3.05) is 25.4 Å². The summed E-state index contributed by atoms with van der Waals surface area (Å²) in [6.07, 6.45) is 0. The Labute approximate surface area is 126 Å². The lowest BCUT2D eigenvalue weighted by Gasteiger charge is -2.12. The molecule has 112 valence electrons. The van der Waals surface area contributed by atoms with E-state index < -0.39 is 24.5 Å². The molecule has 1 fully saturated rings. The molecule has 0 aromatic heterocycles. The number of carbonyl (C=O) groups excluding carboxylic acids is 3. The Balaban J connectivity index is 1.74. The molecule has 0 spiro atoms. The quantitative estimate of drug-likeness (QED) is 0.653. The zero-order valence-corrected chi connectivity index (χ0v) is 12.4. The van der Waals surface area contributed by atoms with Gasteiger partial charge in [0.2, 0.25) is 0 Å². The normalized spacial score (nSPS) is 14.0. The molecule has 0 saturated carbocycles. The van der Waals surface area contributed by atoms with E-state index in [1.807, 2.05) is 31.2 Å². The predicted octanol–water partition coefficient (Wildman–Crippen LogP) is 1.18. The van der Waals surface area contributed by atoms with Crippen molar-refractivity contribution in [3.8, 4) is 0 Å². The van der Waals surface area contributed by atoms with Gasteiger partial charge in [-0.3, -0.25) is 14.5 Å². The molecule has 3 amide bonds. The number of hydrogen-bond donors (Lipinski definition) is 1. The molecule has 0 bridgehead atoms. The SMILES string of the molecule is Cc1ccccc1SCC(=O)OCC(=O)N1CCNC1=O. The minimum Gasteiger partial charge on any atom is -0.455 e. The molecule has 1 N–H and O–H groups in total. The molecule has 1 aliphatic heterocycles. The number of amides is 3. The van der Waals surface area contributed by atoms with Crippen LogP contribution in [0.4, 0.5) is 4.79 Å². The Kier molecular flexibility index (Phi) is 5.21. The van der Waals surface area contributed by atoms with Crippen molar-refractivity contribution in [1.82, 2.24) is 10.2 Å². The molecular weight excluding hydrogens is 292 g/mol. The number of benzene rings is 1. The van der Waals surface area contributed by atoms with Crippen LogP contribution in [0.1, 0.15) is 5.56 Å². The van der Waals surface area contributed by atoms with E-state index in [0.717, 1.165) is 15.4 Å². The highest BCUT2D eigenvalue weighted by Gasteiger charge is 2.26. The number of hydrogen-bond acceptors (Lipinski definition) is 5. The second kappa shape index (κ2) is 7.12. The van der Waals surface area contributed by atoms with Crippen LogP contribution in [0.15, 0.2) is 29.2 Å². The van der Waals surface area contributed by atoms with Crippen molar-refractivity contribution in [3.63, 3.8) is 0 Å². The molecule has 1 aromatic rings. The van der Waals surface area contributed by atoms with Gasteiger partial charge in [0.25, 0.3) is 5.91 Å². The molecule has 1 aliphatic rings. The van der Waals surface area contributed by atoms with E-state index in [-0.39, 0.29) is 5.75 Å². The second-order valence-corrected chi connectivity index (χ2v) is 5.51. The molecule has 0 aliphatic carbocycles. The zero-order chi connectivity index (χ0) is 15.2. The Morgan fingerprint density at radius 1 is 1.38 bits per heavy atom. The summed E-state index contributed by atoms with van der Waals surface area (Å²) >= 11 is 1.36. The number of rotatable bonds is 5. The van der Waals surface area contributed by atoms with Crippen molar-refractivity contribution in [1.29, 1.82) is 0 Å². The standard InChI is InChI=1S/C14H16N2O4S/c1-10-4-2-3-5-11(10)21-9-13(18)20-8-12(17)16-7-6-15-14(16)19/h2-5H,6-9H2,1H3,(H,15,19). The average molecular weight is 308 g/mol. The van der Waals surface area contributed by atoms with E-state index in [1.165, 1.54) is 11.8 Å². The van der Waals surface area contributed by atoms with Gasteiger partial charge in [0.05, 0.1) is 5.75 Å². The van der Waals surface area contributed by atoms with Gasteiger partial charge < -0.3 is 10.1 Å². The summed E-state index contributed by atoms with van der Waals surface area (Å²) in [5.41, 5.74) is 1.08. The first-order valence-corrected chi connectivity index (χ1v) is 7.49. The molecule has 21 heavy (non-hydrogen) atoms. The van der Waals surface area contributed by atoms with Crippen molar-refractivity contribution in [3.05, 3.63) is 29.8 Å². The van der Waals surface area contributed by atoms with E-state index in [0.29, 0.717) is 13.1 Å². The molecular formula is C14H16N2O4S. The zero-order valence-electron chi connectivity index (χ0n) is 11.6. The summed E-state index contributed by atoms with van der Waals surface area (Å²) < 4.78 is 4.90.